The highest BCUT2D eigenvalue weighted by Crippen LogP contribution is 2.34. The molecular formula is C29H43N7O2. The van der Waals surface area contributed by atoms with Crippen LogP contribution in [0, 0.1) is 0 Å². The Labute approximate surface area is 226 Å². The van der Waals surface area contributed by atoms with Crippen LogP contribution in [0.3, 0.4) is 0 Å². The topological polar surface area (TPSA) is 104 Å². The van der Waals surface area contributed by atoms with Gasteiger partial charge in [0.1, 0.15) is 0 Å². The molecule has 0 fully saturated rings. The minimum atomic E-state index is -0.203. The first-order valence-corrected chi connectivity index (χ1v) is 13.1. The van der Waals surface area contributed by atoms with E-state index in [1.165, 1.54) is 0 Å². The predicted octanol–water partition coefficient (Wildman–Crippen LogP) is 3.64. The van der Waals surface area contributed by atoms with E-state index in [0.29, 0.717) is 30.7 Å². The van der Waals surface area contributed by atoms with Crippen molar-refractivity contribution in [3.8, 4) is 0 Å². The van der Waals surface area contributed by atoms with E-state index in [1.807, 2.05) is 51.7 Å². The summed E-state index contributed by atoms with van der Waals surface area (Å²) in [5, 5.41) is 14.7. The molecule has 0 bridgehead atoms. The van der Waals surface area contributed by atoms with Gasteiger partial charge in [-0.1, -0.05) is 11.6 Å². The zero-order valence-corrected chi connectivity index (χ0v) is 24.3. The molecule has 0 aliphatic carbocycles. The minimum Gasteiger partial charge on any atom is -0.348 e. The van der Waals surface area contributed by atoms with Crippen molar-refractivity contribution in [3.05, 3.63) is 52.5 Å². The quantitative estimate of drug-likeness (QED) is 0.326. The number of nitrogens with one attached hydrogen (secondary N) is 3. The van der Waals surface area contributed by atoms with Crippen LogP contribution < -0.4 is 16.0 Å². The Hall–Kier alpha value is -3.30. The fraction of sp³-hybridized carbons (Fsp3) is 0.517. The number of allylic oxidation sites excluding steroid dienone is 3. The molecule has 9 heteroatoms. The lowest BCUT2D eigenvalue weighted by Crippen LogP contribution is -2.53. The fourth-order valence-corrected chi connectivity index (χ4v) is 4.97. The first kappa shape index (κ1) is 29.3. The lowest BCUT2D eigenvalue weighted by molar-refractivity contribution is -0.108. The molecule has 3 rings (SSSR count). The van der Waals surface area contributed by atoms with Gasteiger partial charge in [0.15, 0.2) is 5.65 Å². The summed E-state index contributed by atoms with van der Waals surface area (Å²) in [6.07, 6.45) is 7.30. The molecule has 0 aromatic carbocycles. The number of likely N-dealkylation sites (N-methyl/N-ethyl adjacent to an activating group) is 1. The summed E-state index contributed by atoms with van der Waals surface area (Å²) in [5.74, 6) is -0.169. The summed E-state index contributed by atoms with van der Waals surface area (Å²) < 4.78 is 1.89. The molecule has 2 aromatic rings. The second-order valence-corrected chi connectivity index (χ2v) is 11.8. The number of amides is 2. The first-order chi connectivity index (χ1) is 17.7. The predicted molar refractivity (Wildman–Crippen MR) is 154 cm³/mol. The Balaban J connectivity index is 2.02. The Morgan fingerprint density at radius 1 is 1.21 bits per heavy atom. The van der Waals surface area contributed by atoms with Crippen molar-refractivity contribution in [2.24, 2.45) is 0 Å². The molecule has 0 spiro atoms. The fourth-order valence-electron chi connectivity index (χ4n) is 4.97. The van der Waals surface area contributed by atoms with Crippen molar-refractivity contribution in [2.45, 2.75) is 72.5 Å². The van der Waals surface area contributed by atoms with E-state index in [2.05, 4.69) is 59.7 Å². The molecular weight excluding hydrogens is 478 g/mol. The molecule has 2 aromatic heterocycles. The number of fused-ring (bicyclic) bond motifs is 1. The highest BCUT2D eigenvalue weighted by Gasteiger charge is 2.33. The standard InChI is InChI=1S/C29H43N7O2/c1-19(12-21(3)31-18-37)20(2)16-30-27(38)23-13-25(22-14-28(4,5)34-29(6,7)15-22)33-26-24(23)17-32-36(26)11-10-35(8)9/h12-14,17-18,34H,10-11,15-16H2,1-9H3,(H,30,38)(H,31,37)/b20-19+,21-12-. The van der Waals surface area contributed by atoms with E-state index < -0.39 is 0 Å². The van der Waals surface area contributed by atoms with Crippen molar-refractivity contribution < 1.29 is 9.59 Å². The molecule has 9 nitrogen and oxygen atoms in total. The first-order valence-electron chi connectivity index (χ1n) is 13.1. The average molecular weight is 522 g/mol. The van der Waals surface area contributed by atoms with Crippen LogP contribution in [0.1, 0.15) is 70.9 Å². The van der Waals surface area contributed by atoms with Gasteiger partial charge in [0.05, 0.1) is 29.4 Å². The van der Waals surface area contributed by atoms with E-state index in [9.17, 15) is 9.59 Å². The molecule has 1 aliphatic heterocycles. The van der Waals surface area contributed by atoms with Gasteiger partial charge in [-0.3, -0.25) is 9.59 Å². The smallest absolute Gasteiger partial charge is 0.252 e. The lowest BCUT2D eigenvalue weighted by Gasteiger charge is -2.41. The maximum Gasteiger partial charge on any atom is 0.252 e. The van der Waals surface area contributed by atoms with E-state index >= 15 is 0 Å². The highest BCUT2D eigenvalue weighted by molar-refractivity contribution is 6.06. The molecule has 2 amide bonds. The van der Waals surface area contributed by atoms with Crippen molar-refractivity contribution in [3.63, 3.8) is 0 Å². The van der Waals surface area contributed by atoms with Crippen LogP contribution >= 0.6 is 0 Å². The van der Waals surface area contributed by atoms with E-state index in [-0.39, 0.29) is 17.0 Å². The molecule has 0 saturated carbocycles. The Kier molecular flexibility index (Phi) is 8.94. The summed E-state index contributed by atoms with van der Waals surface area (Å²) >= 11 is 0. The largest absolute Gasteiger partial charge is 0.348 e. The number of aromatic nitrogens is 3. The van der Waals surface area contributed by atoms with Crippen molar-refractivity contribution in [1.29, 1.82) is 0 Å². The molecule has 0 atom stereocenters. The second-order valence-electron chi connectivity index (χ2n) is 11.8. The average Bonchev–Trinajstić information content (AvgIpc) is 3.21. The summed E-state index contributed by atoms with van der Waals surface area (Å²) in [5.41, 5.74) is 5.62. The van der Waals surface area contributed by atoms with Gasteiger partial charge in [-0.15, -0.1) is 0 Å². The molecule has 0 unspecified atom stereocenters. The molecule has 38 heavy (non-hydrogen) atoms. The van der Waals surface area contributed by atoms with E-state index in [1.54, 1.807) is 6.20 Å². The third kappa shape index (κ3) is 7.39. The Morgan fingerprint density at radius 3 is 2.55 bits per heavy atom. The van der Waals surface area contributed by atoms with Crippen LogP contribution in [0.4, 0.5) is 0 Å². The maximum absolute atomic E-state index is 13.6. The third-order valence-electron chi connectivity index (χ3n) is 6.68. The summed E-state index contributed by atoms with van der Waals surface area (Å²) in [6.45, 7) is 16.3. The highest BCUT2D eigenvalue weighted by atomic mass is 16.1. The minimum absolute atomic E-state index is 0.110. The van der Waals surface area contributed by atoms with Crippen LogP contribution in [0.15, 0.2) is 41.3 Å². The molecule has 1 aliphatic rings. The normalized spacial score (nSPS) is 17.7. The van der Waals surface area contributed by atoms with Crippen molar-refractivity contribution in [2.75, 3.05) is 27.2 Å². The maximum atomic E-state index is 13.6. The number of rotatable bonds is 10. The van der Waals surface area contributed by atoms with Crippen LogP contribution in [-0.4, -0.2) is 70.2 Å². The van der Waals surface area contributed by atoms with Crippen LogP contribution in [-0.2, 0) is 11.3 Å². The van der Waals surface area contributed by atoms with Crippen molar-refractivity contribution in [1.82, 2.24) is 35.6 Å². The number of carbonyl (C=O) groups is 2. The van der Waals surface area contributed by atoms with Crippen LogP contribution in [0.5, 0.6) is 0 Å². The van der Waals surface area contributed by atoms with Gasteiger partial charge in [-0.25, -0.2) is 9.67 Å². The number of pyridine rings is 1. The second kappa shape index (κ2) is 11.6. The van der Waals surface area contributed by atoms with Gasteiger partial charge >= 0.3 is 0 Å². The van der Waals surface area contributed by atoms with Gasteiger partial charge in [0.2, 0.25) is 6.41 Å². The van der Waals surface area contributed by atoms with E-state index in [0.717, 1.165) is 46.5 Å². The van der Waals surface area contributed by atoms with Crippen LogP contribution in [0.2, 0.25) is 0 Å². The van der Waals surface area contributed by atoms with Gasteiger partial charge in [0.25, 0.3) is 5.91 Å². The molecule has 206 valence electrons. The number of hydrogen-bond acceptors (Lipinski definition) is 6. The summed E-state index contributed by atoms with van der Waals surface area (Å²) in [6, 6.07) is 1.91. The number of carbonyl (C=O) groups excluding carboxylic acids is 2. The summed E-state index contributed by atoms with van der Waals surface area (Å²) in [4.78, 5) is 31.4. The van der Waals surface area contributed by atoms with Gasteiger partial charge in [0, 0.05) is 29.9 Å². The van der Waals surface area contributed by atoms with E-state index in [4.69, 9.17) is 4.98 Å². The Bertz CT molecular complexity index is 1300. The SMILES string of the molecule is C/C(=C/C(C)=C(\C)CNC(=O)c1cc(C2=CC(C)(C)NC(C)(C)C2)nc2c1cnn2CCN(C)C)NC=O. The zero-order valence-electron chi connectivity index (χ0n) is 24.3. The van der Waals surface area contributed by atoms with Crippen LogP contribution in [0.25, 0.3) is 16.6 Å². The van der Waals surface area contributed by atoms with Crippen molar-refractivity contribution >= 4 is 28.9 Å². The monoisotopic (exact) mass is 521 g/mol. The van der Waals surface area contributed by atoms with Gasteiger partial charge < -0.3 is 20.9 Å². The van der Waals surface area contributed by atoms with Gasteiger partial charge in [-0.05, 0) is 92.3 Å². The molecule has 0 saturated heterocycles. The Morgan fingerprint density at radius 2 is 1.92 bits per heavy atom. The molecule has 3 N–H and O–H groups in total. The zero-order chi connectivity index (χ0) is 28.3. The third-order valence-corrected chi connectivity index (χ3v) is 6.68. The molecule has 0 radical (unpaired) electrons. The summed E-state index contributed by atoms with van der Waals surface area (Å²) in [7, 11) is 4.05. The molecule has 3 heterocycles. The lowest BCUT2D eigenvalue weighted by atomic mass is 9.82. The van der Waals surface area contributed by atoms with Gasteiger partial charge in [-0.2, -0.15) is 5.10 Å². The number of hydrogen-bond donors (Lipinski definition) is 3. The number of nitrogens with zero attached hydrogens (tertiary/aromatic N) is 4.